The van der Waals surface area contributed by atoms with E-state index in [0.29, 0.717) is 0 Å². The summed E-state index contributed by atoms with van der Waals surface area (Å²) in [6, 6.07) is 7.88. The van der Waals surface area contributed by atoms with Crippen molar-refractivity contribution in [3.8, 4) is 0 Å². The second-order valence-corrected chi connectivity index (χ2v) is 4.88. The van der Waals surface area contributed by atoms with Crippen LogP contribution in [0.3, 0.4) is 0 Å². The van der Waals surface area contributed by atoms with Crippen LogP contribution in [-0.4, -0.2) is 5.78 Å². The molecule has 18 heavy (non-hydrogen) atoms. The number of benzene rings is 1. The van der Waals surface area contributed by atoms with Crippen molar-refractivity contribution in [3.05, 3.63) is 48.0 Å². The predicted octanol–water partition coefficient (Wildman–Crippen LogP) is 3.55. The summed E-state index contributed by atoms with van der Waals surface area (Å²) in [4.78, 5) is 11.9. The van der Waals surface area contributed by atoms with E-state index in [9.17, 15) is 4.79 Å². The zero-order valence-electron chi connectivity index (χ0n) is 11.3. The molecule has 0 radical (unpaired) electrons. The Bertz CT molecular complexity index is 421. The summed E-state index contributed by atoms with van der Waals surface area (Å²) in [6.45, 7) is 9.48. The first kappa shape index (κ1) is 16.9. The van der Waals surface area contributed by atoms with Gasteiger partial charge in [0, 0.05) is 11.5 Å². The third-order valence-corrected chi connectivity index (χ3v) is 2.98. The number of carbonyl (C=O) groups is 1. The van der Waals surface area contributed by atoms with E-state index in [2.05, 4.69) is 6.58 Å². The van der Waals surface area contributed by atoms with Crippen molar-refractivity contribution < 1.29 is 4.79 Å². The van der Waals surface area contributed by atoms with Gasteiger partial charge in [-0.1, -0.05) is 37.8 Å². The Labute approximate surface area is 116 Å². The second kappa shape index (κ2) is 6.72. The van der Waals surface area contributed by atoms with Crippen molar-refractivity contribution in [2.45, 2.75) is 38.6 Å². The van der Waals surface area contributed by atoms with E-state index in [4.69, 9.17) is 5.73 Å². The Balaban J connectivity index is 0.00000289. The fourth-order valence-corrected chi connectivity index (χ4v) is 2.10. The molecule has 0 fully saturated rings. The van der Waals surface area contributed by atoms with E-state index in [1.165, 1.54) is 6.08 Å². The average Bonchev–Trinajstić information content (AvgIpc) is 2.29. The third-order valence-electron chi connectivity index (χ3n) is 2.98. The highest BCUT2D eigenvalue weighted by Crippen LogP contribution is 2.30. The van der Waals surface area contributed by atoms with Crippen LogP contribution in [0.15, 0.2) is 36.9 Å². The highest BCUT2D eigenvalue weighted by molar-refractivity contribution is 5.95. The standard InChI is InChI=1S/C15H21NO.ClH/c1-5-11(14(17)6-2)12-9-7-8-10-13(12)15(3,4)16;/h6-11H,2,5,16H2,1,3-4H3;1H. The Kier molecular flexibility index (Phi) is 6.30. The van der Waals surface area contributed by atoms with Crippen molar-refractivity contribution >= 4 is 18.2 Å². The SMILES string of the molecule is C=CC(=O)C(CC)c1ccccc1C(C)(C)N.Cl. The summed E-state index contributed by atoms with van der Waals surface area (Å²) in [5, 5.41) is 0. The number of rotatable bonds is 5. The highest BCUT2D eigenvalue weighted by atomic mass is 35.5. The normalized spacial score (nSPS) is 12.4. The summed E-state index contributed by atoms with van der Waals surface area (Å²) in [7, 11) is 0. The summed E-state index contributed by atoms with van der Waals surface area (Å²) in [6.07, 6.45) is 2.16. The molecule has 0 saturated carbocycles. The molecule has 0 bridgehead atoms. The fourth-order valence-electron chi connectivity index (χ4n) is 2.10. The van der Waals surface area contributed by atoms with Crippen LogP contribution in [-0.2, 0) is 10.3 Å². The summed E-state index contributed by atoms with van der Waals surface area (Å²) in [5.41, 5.74) is 7.77. The van der Waals surface area contributed by atoms with Crippen molar-refractivity contribution in [1.82, 2.24) is 0 Å². The van der Waals surface area contributed by atoms with E-state index < -0.39 is 5.54 Å². The Morgan fingerprint density at radius 2 is 2.00 bits per heavy atom. The molecule has 0 aliphatic heterocycles. The van der Waals surface area contributed by atoms with Gasteiger partial charge in [-0.15, -0.1) is 12.4 Å². The highest BCUT2D eigenvalue weighted by Gasteiger charge is 2.24. The van der Waals surface area contributed by atoms with Gasteiger partial charge < -0.3 is 5.73 Å². The minimum Gasteiger partial charge on any atom is -0.322 e. The molecule has 2 N–H and O–H groups in total. The number of halogens is 1. The van der Waals surface area contributed by atoms with Gasteiger partial charge in [-0.2, -0.15) is 0 Å². The van der Waals surface area contributed by atoms with Crippen LogP contribution in [0.25, 0.3) is 0 Å². The largest absolute Gasteiger partial charge is 0.322 e. The second-order valence-electron chi connectivity index (χ2n) is 4.88. The lowest BCUT2D eigenvalue weighted by Gasteiger charge is -2.26. The van der Waals surface area contributed by atoms with Crippen LogP contribution in [0.4, 0.5) is 0 Å². The molecule has 3 heteroatoms. The topological polar surface area (TPSA) is 43.1 Å². The van der Waals surface area contributed by atoms with Crippen LogP contribution in [0, 0.1) is 0 Å². The number of nitrogens with two attached hydrogens (primary N) is 1. The van der Waals surface area contributed by atoms with Crippen LogP contribution < -0.4 is 5.73 Å². The molecule has 0 saturated heterocycles. The molecule has 0 aliphatic carbocycles. The number of hydrogen-bond acceptors (Lipinski definition) is 2. The quantitative estimate of drug-likeness (QED) is 0.829. The van der Waals surface area contributed by atoms with Gasteiger partial charge in [0.2, 0.25) is 0 Å². The first-order valence-electron chi connectivity index (χ1n) is 5.96. The van der Waals surface area contributed by atoms with Gasteiger partial charge in [0.1, 0.15) is 0 Å². The summed E-state index contributed by atoms with van der Waals surface area (Å²) >= 11 is 0. The zero-order valence-corrected chi connectivity index (χ0v) is 12.1. The molecule has 2 nitrogen and oxygen atoms in total. The Hall–Kier alpha value is -1.12. The molecule has 1 rings (SSSR count). The van der Waals surface area contributed by atoms with E-state index in [-0.39, 0.29) is 24.1 Å². The summed E-state index contributed by atoms with van der Waals surface area (Å²) < 4.78 is 0. The van der Waals surface area contributed by atoms with Gasteiger partial charge >= 0.3 is 0 Å². The average molecular weight is 268 g/mol. The van der Waals surface area contributed by atoms with Gasteiger partial charge in [0.25, 0.3) is 0 Å². The minimum absolute atomic E-state index is 0. The smallest absolute Gasteiger partial charge is 0.162 e. The monoisotopic (exact) mass is 267 g/mol. The molecular weight excluding hydrogens is 246 g/mol. The first-order valence-corrected chi connectivity index (χ1v) is 5.96. The Morgan fingerprint density at radius 1 is 1.44 bits per heavy atom. The molecule has 1 atom stereocenters. The van der Waals surface area contributed by atoms with Gasteiger partial charge in [0.05, 0.1) is 0 Å². The van der Waals surface area contributed by atoms with Crippen molar-refractivity contribution in [1.29, 1.82) is 0 Å². The maximum Gasteiger partial charge on any atom is 0.162 e. The lowest BCUT2D eigenvalue weighted by atomic mass is 9.82. The molecule has 0 heterocycles. The van der Waals surface area contributed by atoms with Crippen molar-refractivity contribution in [3.63, 3.8) is 0 Å². The number of allylic oxidation sites excluding steroid dienone is 1. The van der Waals surface area contributed by atoms with Crippen molar-refractivity contribution in [2.24, 2.45) is 5.73 Å². The maximum absolute atomic E-state index is 11.9. The predicted molar refractivity (Wildman–Crippen MR) is 79.1 cm³/mol. The van der Waals surface area contributed by atoms with Gasteiger partial charge in [-0.05, 0) is 37.5 Å². The van der Waals surface area contributed by atoms with E-state index in [0.717, 1.165) is 17.5 Å². The first-order chi connectivity index (χ1) is 7.91. The summed E-state index contributed by atoms with van der Waals surface area (Å²) in [5.74, 6) is -0.0734. The van der Waals surface area contributed by atoms with Crippen LogP contribution in [0.1, 0.15) is 44.2 Å². The van der Waals surface area contributed by atoms with E-state index in [1.54, 1.807) is 0 Å². The van der Waals surface area contributed by atoms with Gasteiger partial charge in [0.15, 0.2) is 5.78 Å². The molecule has 0 aromatic heterocycles. The molecule has 1 unspecified atom stereocenters. The van der Waals surface area contributed by atoms with Gasteiger partial charge in [-0.25, -0.2) is 0 Å². The molecule has 1 aromatic carbocycles. The number of ketones is 1. The van der Waals surface area contributed by atoms with Crippen LogP contribution >= 0.6 is 12.4 Å². The van der Waals surface area contributed by atoms with Crippen LogP contribution in [0.5, 0.6) is 0 Å². The fraction of sp³-hybridized carbons (Fsp3) is 0.400. The number of hydrogen-bond donors (Lipinski definition) is 1. The molecule has 100 valence electrons. The third kappa shape index (κ3) is 3.69. The van der Waals surface area contributed by atoms with Gasteiger partial charge in [-0.3, -0.25) is 4.79 Å². The lowest BCUT2D eigenvalue weighted by molar-refractivity contribution is -0.116. The zero-order chi connectivity index (χ0) is 13.1. The Morgan fingerprint density at radius 3 is 2.44 bits per heavy atom. The van der Waals surface area contributed by atoms with E-state index in [1.807, 2.05) is 45.0 Å². The molecule has 0 amide bonds. The lowest BCUT2D eigenvalue weighted by Crippen LogP contribution is -2.31. The number of carbonyl (C=O) groups excluding carboxylic acids is 1. The molecule has 0 spiro atoms. The van der Waals surface area contributed by atoms with Crippen molar-refractivity contribution in [2.75, 3.05) is 0 Å². The molecular formula is C15H22ClNO. The van der Waals surface area contributed by atoms with E-state index >= 15 is 0 Å². The molecule has 0 aliphatic rings. The minimum atomic E-state index is -0.439. The molecule has 1 aromatic rings. The maximum atomic E-state index is 11.9. The van der Waals surface area contributed by atoms with Crippen LogP contribution in [0.2, 0.25) is 0 Å².